The number of hydrogen-bond acceptors (Lipinski definition) is 13. The third kappa shape index (κ3) is 10.3. The number of allylic oxidation sites excluding steroid dienone is 1. The van der Waals surface area contributed by atoms with Gasteiger partial charge in [-0.05, 0) is 126 Å². The predicted octanol–water partition coefficient (Wildman–Crippen LogP) is 8.48. The Morgan fingerprint density at radius 3 is 2.33 bits per heavy atom. The van der Waals surface area contributed by atoms with E-state index in [0.29, 0.717) is 61.3 Å². The van der Waals surface area contributed by atoms with Crippen molar-refractivity contribution >= 4 is 11.9 Å². The zero-order valence-electron chi connectivity index (χ0n) is 41.8. The highest BCUT2D eigenvalue weighted by Gasteiger charge is 2.57. The molecule has 10 aliphatic rings. The van der Waals surface area contributed by atoms with Crippen LogP contribution in [0, 0.1) is 23.7 Å². The fraction of sp³-hybridized carbons (Fsp3) is 0.754. The molecule has 8 fully saturated rings. The first-order valence-corrected chi connectivity index (χ1v) is 27.1. The highest BCUT2D eigenvalue weighted by atomic mass is 16.6. The lowest BCUT2D eigenvalue weighted by Gasteiger charge is -2.55. The Labute approximate surface area is 414 Å². The van der Waals surface area contributed by atoms with Gasteiger partial charge in [-0.2, -0.15) is 0 Å². The van der Waals surface area contributed by atoms with Crippen molar-refractivity contribution in [1.82, 2.24) is 0 Å². The first-order valence-electron chi connectivity index (χ1n) is 27.1. The Morgan fingerprint density at radius 2 is 1.49 bits per heavy atom. The van der Waals surface area contributed by atoms with Crippen LogP contribution in [-0.4, -0.2) is 133 Å². The summed E-state index contributed by atoms with van der Waals surface area (Å²) >= 11 is 0. The monoisotopic (exact) mass is 971 g/mol. The molecule has 0 amide bonds. The molecule has 1 N–H and O–H groups in total. The molecule has 70 heavy (non-hydrogen) atoms. The number of hydrogen-bond donors (Lipinski definition) is 1. The van der Waals surface area contributed by atoms with Crippen LogP contribution in [0.1, 0.15) is 141 Å². The highest BCUT2D eigenvalue weighted by Crippen LogP contribution is 2.50. The van der Waals surface area contributed by atoms with E-state index < -0.39 is 23.4 Å². The van der Waals surface area contributed by atoms with Crippen molar-refractivity contribution in [3.63, 3.8) is 0 Å². The number of benzene rings is 1. The lowest BCUT2D eigenvalue weighted by Crippen LogP contribution is -2.65. The lowest BCUT2D eigenvalue weighted by molar-refractivity contribution is -0.315. The molecule has 22 atom stereocenters. The summed E-state index contributed by atoms with van der Waals surface area (Å²) in [4.78, 5) is 24.9. The average Bonchev–Trinajstić information content (AvgIpc) is 3.62. The smallest absolute Gasteiger partial charge is 0.338 e. The minimum atomic E-state index is -0.708. The molecule has 1 aromatic carbocycles. The number of carbonyl (C=O) groups excluding carboxylic acids is 2. The largest absolute Gasteiger partial charge is 0.459 e. The topological polar surface area (TPSA) is 147 Å². The number of rotatable bonds is 5. The molecule has 11 rings (SSSR count). The van der Waals surface area contributed by atoms with E-state index in [1.165, 1.54) is 0 Å². The van der Waals surface area contributed by atoms with Crippen LogP contribution in [0.4, 0.5) is 0 Å². The Balaban J connectivity index is 0.723. The van der Waals surface area contributed by atoms with Gasteiger partial charge in [0.15, 0.2) is 0 Å². The summed E-state index contributed by atoms with van der Waals surface area (Å²) in [5.41, 5.74) is 0.175. The van der Waals surface area contributed by atoms with E-state index >= 15 is 0 Å². The minimum Gasteiger partial charge on any atom is -0.459 e. The molecule has 1 aromatic rings. The maximum absolute atomic E-state index is 12.5. The summed E-state index contributed by atoms with van der Waals surface area (Å²) in [5.74, 6) is 0.858. The van der Waals surface area contributed by atoms with E-state index in [4.69, 9.17) is 47.4 Å². The number of aliphatic hydroxyl groups is 1. The highest BCUT2D eigenvalue weighted by molar-refractivity contribution is 5.89. The van der Waals surface area contributed by atoms with Crippen LogP contribution < -0.4 is 0 Å². The molecule has 0 saturated carbocycles. The van der Waals surface area contributed by atoms with Crippen LogP contribution in [0.5, 0.6) is 0 Å². The molecule has 1 aliphatic carbocycles. The van der Waals surface area contributed by atoms with Gasteiger partial charge in [0.2, 0.25) is 0 Å². The van der Waals surface area contributed by atoms with Crippen molar-refractivity contribution in [2.24, 2.45) is 23.7 Å². The Hall–Kier alpha value is -2.98. The summed E-state index contributed by atoms with van der Waals surface area (Å²) in [6.45, 7) is 13.3. The van der Waals surface area contributed by atoms with Crippen LogP contribution in [0.15, 0.2) is 66.8 Å². The number of ether oxygens (including phenoxy) is 10. The molecule has 21 unspecified atom stereocenters. The third-order valence-corrected chi connectivity index (χ3v) is 18.2. The molecule has 0 spiro atoms. The number of aliphatic hydroxyl groups excluding tert-OH is 1. The average molecular weight is 971 g/mol. The van der Waals surface area contributed by atoms with Crippen LogP contribution in [0.2, 0.25) is 0 Å². The van der Waals surface area contributed by atoms with E-state index in [2.05, 4.69) is 58.6 Å². The summed E-state index contributed by atoms with van der Waals surface area (Å²) in [6, 6.07) is 8.93. The molecule has 0 aromatic heterocycles. The normalized spacial score (nSPS) is 48.9. The van der Waals surface area contributed by atoms with E-state index in [-0.39, 0.29) is 104 Å². The van der Waals surface area contributed by atoms with Gasteiger partial charge in [0, 0.05) is 25.7 Å². The molecular formula is C57H78O13. The van der Waals surface area contributed by atoms with Crippen molar-refractivity contribution in [1.29, 1.82) is 0 Å². The Bertz CT molecular complexity index is 2090. The van der Waals surface area contributed by atoms with Crippen molar-refractivity contribution in [2.75, 3.05) is 6.61 Å². The zero-order valence-corrected chi connectivity index (χ0v) is 41.8. The second kappa shape index (κ2) is 20.4. The number of fused-ring (bicyclic) bond motifs is 9. The molecule has 9 heterocycles. The van der Waals surface area contributed by atoms with Gasteiger partial charge >= 0.3 is 11.9 Å². The van der Waals surface area contributed by atoms with E-state index in [1.807, 2.05) is 6.07 Å². The molecule has 0 radical (unpaired) electrons. The molecule has 0 bridgehead atoms. The van der Waals surface area contributed by atoms with Crippen molar-refractivity contribution in [2.45, 2.75) is 239 Å². The molecule has 384 valence electrons. The van der Waals surface area contributed by atoms with Gasteiger partial charge in [-0.25, -0.2) is 4.79 Å². The van der Waals surface area contributed by atoms with Crippen molar-refractivity contribution in [3.8, 4) is 0 Å². The third-order valence-electron chi connectivity index (χ3n) is 18.2. The van der Waals surface area contributed by atoms with Crippen LogP contribution in [0.25, 0.3) is 0 Å². The van der Waals surface area contributed by atoms with E-state index in [9.17, 15) is 14.7 Å². The fourth-order valence-electron chi connectivity index (χ4n) is 14.6. The molecule has 8 saturated heterocycles. The summed E-state index contributed by atoms with van der Waals surface area (Å²) in [7, 11) is 0. The molecule has 9 aliphatic heterocycles. The first-order chi connectivity index (χ1) is 33.8. The van der Waals surface area contributed by atoms with Crippen molar-refractivity contribution < 1.29 is 62.1 Å². The van der Waals surface area contributed by atoms with Gasteiger partial charge in [0.1, 0.15) is 31.0 Å². The summed E-state index contributed by atoms with van der Waals surface area (Å²) < 4.78 is 67.4. The predicted molar refractivity (Wildman–Crippen MR) is 258 cm³/mol. The van der Waals surface area contributed by atoms with Crippen LogP contribution >= 0.6 is 0 Å². The quantitative estimate of drug-likeness (QED) is 0.223. The van der Waals surface area contributed by atoms with Gasteiger partial charge < -0.3 is 52.5 Å². The number of carbonyl (C=O) groups is 2. The second-order valence-electron chi connectivity index (χ2n) is 23.6. The van der Waals surface area contributed by atoms with Gasteiger partial charge in [0.05, 0.1) is 96.4 Å². The molecule has 13 heteroatoms. The zero-order chi connectivity index (χ0) is 48.3. The van der Waals surface area contributed by atoms with Gasteiger partial charge in [-0.1, -0.05) is 62.9 Å². The van der Waals surface area contributed by atoms with Gasteiger partial charge in [-0.3, -0.25) is 4.79 Å². The van der Waals surface area contributed by atoms with Crippen LogP contribution in [0.3, 0.4) is 0 Å². The lowest BCUT2D eigenvalue weighted by atomic mass is 9.75. The first kappa shape index (κ1) is 49.2. The fourth-order valence-corrected chi connectivity index (χ4v) is 14.6. The number of esters is 2. The van der Waals surface area contributed by atoms with E-state index in [0.717, 1.165) is 76.2 Å². The maximum Gasteiger partial charge on any atom is 0.338 e. The Morgan fingerprint density at radius 1 is 0.714 bits per heavy atom. The second-order valence-corrected chi connectivity index (χ2v) is 23.6. The van der Waals surface area contributed by atoms with Crippen LogP contribution in [-0.2, 0) is 52.2 Å². The SMILES string of the molecule is C=C(COC(=O)c1ccccc1)C[C@@H]1CC(O)C2OC3CC4(C)OC5/C=C\CC6CC7C(C)CC8OC9(C)CC(C)CC%10OC(=O)CC%10OC9CC8OC7C/C=C\CC6OC5CCCC4OC3CC2O1. The molecule has 13 nitrogen and oxygen atoms in total. The van der Waals surface area contributed by atoms with Gasteiger partial charge in [0.25, 0.3) is 0 Å². The Kier molecular flexibility index (Phi) is 14.3. The van der Waals surface area contributed by atoms with E-state index in [1.54, 1.807) is 24.3 Å². The maximum atomic E-state index is 12.5. The molecular weight excluding hydrogens is 893 g/mol. The summed E-state index contributed by atoms with van der Waals surface area (Å²) in [6.07, 6.45) is 18.3. The van der Waals surface area contributed by atoms with Crippen molar-refractivity contribution in [3.05, 3.63) is 72.4 Å². The minimum absolute atomic E-state index is 0.0132. The van der Waals surface area contributed by atoms with Gasteiger partial charge in [-0.15, -0.1) is 0 Å². The summed E-state index contributed by atoms with van der Waals surface area (Å²) in [5, 5.41) is 11.5. The standard InChI is InChI=1S/C57H78O13/c1-32-22-44-47(28-53(59)67-44)66-52-27-46-48(70-56(52,4)29-32)23-34(3)38-24-36-15-11-19-43-42(63-40(36)16-9-10-17-41(38)64-46)18-12-20-51-57(5,69-43)30-50-45(65-51)26-49-54(68-50)39(58)25-37(62-49)21-33(2)31-61-55(60)35-13-7-6-8-14-35/h6-11,13-14,19,32,34,36-52,54,58H,2,12,15-18,20-31H2,1,3-5H3/b10-9-,19-11-/t32?,34?,36?,37-,38?,39?,40?,41?,42?,43?,44?,45?,46?,47?,48?,49?,50?,51?,52?,54?,56?,57?/m1/s1.